The van der Waals surface area contributed by atoms with Crippen molar-refractivity contribution in [3.63, 3.8) is 0 Å². The van der Waals surface area contributed by atoms with Gasteiger partial charge in [0.1, 0.15) is 105 Å². The fourth-order valence-corrected chi connectivity index (χ4v) is 9.52. The molecule has 4 nitrogen and oxygen atoms in total. The Morgan fingerprint density at radius 1 is 0.298 bits per heavy atom. The molecule has 9 aromatic rings. The summed E-state index contributed by atoms with van der Waals surface area (Å²) in [6, 6.07) is 27.7. The summed E-state index contributed by atoms with van der Waals surface area (Å²) < 4.78 is 6.35. The van der Waals surface area contributed by atoms with Crippen LogP contribution in [0.5, 0.6) is 0 Å². The maximum Gasteiger partial charge on any atom is 0.164 e. The Morgan fingerprint density at radius 3 is 1.39 bits per heavy atom. The van der Waals surface area contributed by atoms with Gasteiger partial charge in [0.2, 0.25) is 0 Å². The van der Waals surface area contributed by atoms with Crippen molar-refractivity contribution in [1.82, 2.24) is 15.0 Å². The van der Waals surface area contributed by atoms with E-state index in [-0.39, 0.29) is 0 Å². The van der Waals surface area contributed by atoms with Crippen LogP contribution in [0.4, 0.5) is 0 Å². The molecule has 0 saturated heterocycles. The van der Waals surface area contributed by atoms with Crippen LogP contribution in [0.1, 0.15) is 0 Å². The molecule has 0 aliphatic rings. The molecule has 0 bridgehead atoms. The molecule has 2 heterocycles. The van der Waals surface area contributed by atoms with Crippen molar-refractivity contribution < 1.29 is 4.42 Å². The summed E-state index contributed by atoms with van der Waals surface area (Å²) in [5.74, 6) is 1.96. The molecule has 0 spiro atoms. The number of furan rings is 1. The second kappa shape index (κ2) is 13.6. The second-order valence-electron chi connectivity index (χ2n) is 16.3. The highest BCUT2D eigenvalue weighted by Gasteiger charge is 2.24. The van der Waals surface area contributed by atoms with Crippen molar-refractivity contribution in [2.24, 2.45) is 0 Å². The fraction of sp³-hybridized carbons (Fsp3) is 0. The van der Waals surface area contributed by atoms with E-state index in [1.807, 2.05) is 24.3 Å². The van der Waals surface area contributed by atoms with Crippen LogP contribution in [-0.2, 0) is 0 Å². The topological polar surface area (TPSA) is 51.8 Å². The number of aromatic nitrogens is 3. The first-order valence-corrected chi connectivity index (χ1v) is 20.1. The number of benzene rings is 7. The fourth-order valence-electron chi connectivity index (χ4n) is 9.52. The zero-order valence-electron chi connectivity index (χ0n) is 35.3. The van der Waals surface area contributed by atoms with Crippen molar-refractivity contribution in [2.45, 2.75) is 0 Å². The molecule has 57 heavy (non-hydrogen) atoms. The summed E-state index contributed by atoms with van der Waals surface area (Å²) in [6.45, 7) is 0. The minimum Gasteiger partial charge on any atom is -0.456 e. The molecule has 0 atom stereocenters. The molecule has 0 saturated carbocycles. The van der Waals surface area contributed by atoms with Gasteiger partial charge in [0.05, 0.1) is 0 Å². The highest BCUT2D eigenvalue weighted by molar-refractivity contribution is 6.72. The van der Waals surface area contributed by atoms with E-state index in [9.17, 15) is 0 Å². The van der Waals surface area contributed by atoms with Gasteiger partial charge < -0.3 is 4.42 Å². The van der Waals surface area contributed by atoms with Crippen molar-refractivity contribution in [2.75, 3.05) is 0 Å². The molecular weight excluding hydrogens is 680 g/mol. The van der Waals surface area contributed by atoms with Gasteiger partial charge in [-0.1, -0.05) is 99.5 Å². The molecule has 0 N–H and O–H groups in total. The largest absolute Gasteiger partial charge is 0.456 e. The van der Waals surface area contributed by atoms with E-state index in [0.29, 0.717) is 17.5 Å². The first-order chi connectivity index (χ1) is 27.3. The summed E-state index contributed by atoms with van der Waals surface area (Å²) >= 11 is 0. The van der Waals surface area contributed by atoms with Crippen LogP contribution in [0.25, 0.3) is 88.8 Å². The molecule has 0 aliphatic carbocycles. The number of para-hydroxylation sites is 1. The Labute approximate surface area is 345 Å². The lowest BCUT2D eigenvalue weighted by Crippen LogP contribution is -2.55. The Balaban J connectivity index is 1.37. The summed E-state index contributed by atoms with van der Waals surface area (Å²) in [5.41, 5.74) is 22.9. The van der Waals surface area contributed by atoms with Crippen molar-refractivity contribution in [3.8, 4) is 45.3 Å². The average Bonchev–Trinajstić information content (AvgIpc) is 3.61. The Kier molecular flexibility index (Phi) is 8.92. The molecule has 2 aromatic heterocycles. The summed E-state index contributed by atoms with van der Waals surface area (Å²) in [5, 5.41) is 7.08. The van der Waals surface area contributed by atoms with E-state index in [0.717, 1.165) is 44.0 Å². The highest BCUT2D eigenvalue weighted by atomic mass is 16.3. The molecule has 0 aliphatic heterocycles. The van der Waals surface area contributed by atoms with Gasteiger partial charge in [-0.3, -0.25) is 0 Å². The molecule has 7 aromatic carbocycles. The number of hydrogen-bond acceptors (Lipinski definition) is 4. The van der Waals surface area contributed by atoms with E-state index >= 15 is 0 Å². The van der Waals surface area contributed by atoms with E-state index in [4.69, 9.17) is 19.4 Å². The van der Waals surface area contributed by atoms with Gasteiger partial charge in [-0.05, 0) is 44.8 Å². The normalized spacial score (nSPS) is 11.6. The van der Waals surface area contributed by atoms with Crippen molar-refractivity contribution in [1.29, 1.82) is 0 Å². The van der Waals surface area contributed by atoms with Crippen LogP contribution in [0.3, 0.4) is 0 Å². The van der Waals surface area contributed by atoms with Gasteiger partial charge in [0.25, 0.3) is 0 Å². The van der Waals surface area contributed by atoms with Crippen LogP contribution in [-0.4, -0.2) is 109 Å². The standard InChI is InChI=1S/C41H37B12N3O/c42-27-23(24-25(29(44)33(27)48)30(45)35(50)34(49)28(24)43)16-9-3-8-15-14(16)7-4-10-17(15)39-54-40(19-11-5-13-21-22(19)18-6-1-2-12-20(18)57-21)56-41(55-39)26-31(46)36(51)38(53)37(52)32(26)47/h1-13H,42-53H2. The monoisotopic (exact) mass is 719 g/mol. The quantitative estimate of drug-likeness (QED) is 0.170. The summed E-state index contributed by atoms with van der Waals surface area (Å²) in [6.07, 6.45) is 0. The van der Waals surface area contributed by atoms with Crippen LogP contribution < -0.4 is 65.6 Å². The molecule has 9 rings (SSSR count). The Morgan fingerprint density at radius 2 is 0.719 bits per heavy atom. The van der Waals surface area contributed by atoms with Gasteiger partial charge in [-0.25, -0.2) is 15.0 Å². The van der Waals surface area contributed by atoms with E-state index in [1.165, 1.54) is 92.8 Å². The van der Waals surface area contributed by atoms with Gasteiger partial charge in [-0.15, -0.1) is 32.8 Å². The minimum absolute atomic E-state index is 0.628. The zero-order chi connectivity index (χ0) is 40.2. The molecule has 0 unspecified atom stereocenters. The third-order valence-electron chi connectivity index (χ3n) is 13.7. The second-order valence-corrected chi connectivity index (χ2v) is 16.3. The third-order valence-corrected chi connectivity index (χ3v) is 13.7. The maximum absolute atomic E-state index is 6.35. The lowest BCUT2D eigenvalue weighted by Gasteiger charge is -2.25. The van der Waals surface area contributed by atoms with Crippen LogP contribution in [0, 0.1) is 0 Å². The molecule has 16 heteroatoms. The van der Waals surface area contributed by atoms with Crippen molar-refractivity contribution >= 4 is 203 Å². The highest BCUT2D eigenvalue weighted by Crippen LogP contribution is 2.38. The lowest BCUT2D eigenvalue weighted by atomic mass is 9.58. The Bertz CT molecular complexity index is 3200. The van der Waals surface area contributed by atoms with Crippen LogP contribution >= 0.6 is 0 Å². The van der Waals surface area contributed by atoms with Crippen LogP contribution in [0.15, 0.2) is 83.3 Å². The summed E-state index contributed by atoms with van der Waals surface area (Å²) in [7, 11) is 27.0. The predicted molar refractivity (Wildman–Crippen MR) is 282 cm³/mol. The first kappa shape index (κ1) is 37.2. The van der Waals surface area contributed by atoms with E-state index in [2.05, 4.69) is 149 Å². The lowest BCUT2D eigenvalue weighted by molar-refractivity contribution is 0.669. The van der Waals surface area contributed by atoms with Crippen molar-refractivity contribution in [3.05, 3.63) is 78.9 Å². The molecular formula is C41H37B12N3O. The van der Waals surface area contributed by atoms with Crippen LogP contribution in [0.2, 0.25) is 0 Å². The van der Waals surface area contributed by atoms with E-state index < -0.39 is 0 Å². The average molecular weight is 718 g/mol. The number of rotatable bonds is 4. The molecule has 0 radical (unpaired) electrons. The number of hydrogen-bond donors (Lipinski definition) is 0. The van der Waals surface area contributed by atoms with Gasteiger partial charge in [0.15, 0.2) is 17.5 Å². The summed E-state index contributed by atoms with van der Waals surface area (Å²) in [4.78, 5) is 16.1. The SMILES string of the molecule is Bc1c(B)c(B)c(-c2nc(-c3cccc4c(-c5c(B)c(B)c(B)c6c(B)c(B)c(B)c(B)c56)cccc34)nc(-c3cccc4oc5ccccc5c34)n2)c(B)c1B. The minimum atomic E-state index is 0.628. The maximum atomic E-state index is 6.35. The molecule has 258 valence electrons. The number of fused-ring (bicyclic) bond motifs is 5. The van der Waals surface area contributed by atoms with Gasteiger partial charge >= 0.3 is 0 Å². The smallest absolute Gasteiger partial charge is 0.164 e. The van der Waals surface area contributed by atoms with E-state index in [1.54, 1.807) is 0 Å². The van der Waals surface area contributed by atoms with Gasteiger partial charge in [0, 0.05) is 27.5 Å². The zero-order valence-corrected chi connectivity index (χ0v) is 35.3. The molecule has 0 fully saturated rings. The third kappa shape index (κ3) is 5.50. The van der Waals surface area contributed by atoms with Gasteiger partial charge in [-0.2, -0.15) is 0 Å². The number of nitrogens with zero attached hydrogens (tertiary/aromatic N) is 3. The Hall–Kier alpha value is -5.35. The predicted octanol–water partition coefficient (Wildman–Crippen LogP) is -10.2. The first-order valence-electron chi connectivity index (χ1n) is 20.1. The molecule has 0 amide bonds.